The van der Waals surface area contributed by atoms with E-state index in [0.717, 1.165) is 11.3 Å². The molecule has 2 heterocycles. The molecule has 0 saturated carbocycles. The summed E-state index contributed by atoms with van der Waals surface area (Å²) >= 11 is 1.15. The number of amides is 2. The van der Waals surface area contributed by atoms with Crippen molar-refractivity contribution in [2.75, 3.05) is 5.32 Å². The number of carbonyl (C=O) groups is 3. The minimum absolute atomic E-state index is 0.0470. The summed E-state index contributed by atoms with van der Waals surface area (Å²) in [6.45, 7) is 3.41. The van der Waals surface area contributed by atoms with Gasteiger partial charge in [0.2, 0.25) is 11.7 Å². The van der Waals surface area contributed by atoms with Gasteiger partial charge in [-0.1, -0.05) is 19.0 Å². The van der Waals surface area contributed by atoms with E-state index >= 15 is 0 Å². The number of anilines is 1. The third-order valence-electron chi connectivity index (χ3n) is 3.02. The van der Waals surface area contributed by atoms with Gasteiger partial charge in [0.1, 0.15) is 6.04 Å². The first-order chi connectivity index (χ1) is 11.4. The molecule has 0 aliphatic carbocycles. The van der Waals surface area contributed by atoms with Crippen LogP contribution < -0.4 is 10.6 Å². The van der Waals surface area contributed by atoms with Crippen LogP contribution in [0.3, 0.4) is 0 Å². The number of hydrogen-bond donors (Lipinski definition) is 3. The molecule has 2 rings (SSSR count). The maximum Gasteiger partial charge on any atom is 0.326 e. The summed E-state index contributed by atoms with van der Waals surface area (Å²) in [6, 6.07) is 0.455. The van der Waals surface area contributed by atoms with Gasteiger partial charge in [0, 0.05) is 11.4 Å². The van der Waals surface area contributed by atoms with E-state index in [2.05, 4.69) is 20.8 Å². The molecule has 2 amide bonds. The van der Waals surface area contributed by atoms with Gasteiger partial charge in [0.15, 0.2) is 5.13 Å². The van der Waals surface area contributed by atoms with Gasteiger partial charge >= 0.3 is 5.97 Å². The second-order valence-electron chi connectivity index (χ2n) is 5.28. The fraction of sp³-hybridized carbons (Fsp3) is 0.357. The third-order valence-corrected chi connectivity index (χ3v) is 3.83. The highest BCUT2D eigenvalue weighted by Gasteiger charge is 2.23. The monoisotopic (exact) mass is 352 g/mol. The zero-order valence-electron chi connectivity index (χ0n) is 13.0. The molecule has 0 bridgehead atoms. The average Bonchev–Trinajstić information content (AvgIpc) is 3.16. The van der Waals surface area contributed by atoms with E-state index < -0.39 is 23.8 Å². The lowest BCUT2D eigenvalue weighted by atomic mass is 10.0. The molecule has 9 nitrogen and oxygen atoms in total. The van der Waals surface area contributed by atoms with Gasteiger partial charge in [0.25, 0.3) is 5.91 Å². The number of carbonyl (C=O) groups excluding carboxylic acids is 2. The van der Waals surface area contributed by atoms with Gasteiger partial charge in [-0.15, -0.1) is 11.3 Å². The Kier molecular flexibility index (Phi) is 5.64. The molecule has 0 fully saturated rings. The van der Waals surface area contributed by atoms with E-state index in [1.54, 1.807) is 19.2 Å². The lowest BCUT2D eigenvalue weighted by Crippen LogP contribution is -2.44. The number of carboxylic acids is 1. The van der Waals surface area contributed by atoms with Crippen LogP contribution >= 0.6 is 11.3 Å². The average molecular weight is 352 g/mol. The quantitative estimate of drug-likeness (QED) is 0.680. The standard InChI is InChI=1S/C14H16N4O5S/c1-7(2)11(13(21)22)17-10(19)5-8-6-24-14(16-8)18-12(20)9-3-4-15-23-9/h3-4,6-7,11H,5H2,1-2H3,(H,17,19)(H,21,22)(H,16,18,20). The summed E-state index contributed by atoms with van der Waals surface area (Å²) in [5.41, 5.74) is 0.429. The van der Waals surface area contributed by atoms with Crippen LogP contribution in [0, 0.1) is 5.92 Å². The molecule has 128 valence electrons. The maximum atomic E-state index is 11.9. The largest absolute Gasteiger partial charge is 0.480 e. The topological polar surface area (TPSA) is 134 Å². The van der Waals surface area contributed by atoms with E-state index in [1.165, 1.54) is 12.3 Å². The molecule has 2 aromatic heterocycles. The molecule has 0 spiro atoms. The minimum Gasteiger partial charge on any atom is -0.480 e. The maximum absolute atomic E-state index is 11.9. The van der Waals surface area contributed by atoms with Gasteiger partial charge in [-0.2, -0.15) is 0 Å². The second-order valence-corrected chi connectivity index (χ2v) is 6.14. The molecule has 10 heteroatoms. The number of carboxylic acid groups (broad SMARTS) is 1. The van der Waals surface area contributed by atoms with Crippen molar-refractivity contribution in [3.05, 3.63) is 29.1 Å². The molecule has 24 heavy (non-hydrogen) atoms. The Morgan fingerprint density at radius 2 is 2.12 bits per heavy atom. The molecular weight excluding hydrogens is 336 g/mol. The van der Waals surface area contributed by atoms with E-state index in [1.807, 2.05) is 0 Å². The van der Waals surface area contributed by atoms with Gasteiger partial charge in [-0.25, -0.2) is 9.78 Å². The van der Waals surface area contributed by atoms with Crippen LogP contribution in [0.25, 0.3) is 0 Å². The summed E-state index contributed by atoms with van der Waals surface area (Å²) in [6.07, 6.45) is 1.27. The van der Waals surface area contributed by atoms with Crippen LogP contribution in [0.5, 0.6) is 0 Å². The van der Waals surface area contributed by atoms with Crippen molar-refractivity contribution in [1.29, 1.82) is 0 Å². The van der Waals surface area contributed by atoms with Gasteiger partial charge in [0.05, 0.1) is 18.3 Å². The Bertz CT molecular complexity index is 725. The number of aliphatic carboxylic acids is 1. The highest BCUT2D eigenvalue weighted by atomic mass is 32.1. The van der Waals surface area contributed by atoms with E-state index in [9.17, 15) is 14.4 Å². The number of nitrogens with zero attached hydrogens (tertiary/aromatic N) is 2. The Morgan fingerprint density at radius 1 is 1.38 bits per heavy atom. The predicted octanol–water partition coefficient (Wildman–Crippen LogP) is 1.15. The molecule has 1 unspecified atom stereocenters. The van der Waals surface area contributed by atoms with Gasteiger partial charge in [-0.05, 0) is 5.92 Å². The Morgan fingerprint density at radius 3 is 2.71 bits per heavy atom. The van der Waals surface area contributed by atoms with Crippen molar-refractivity contribution in [3.63, 3.8) is 0 Å². The summed E-state index contributed by atoms with van der Waals surface area (Å²) in [4.78, 5) is 38.9. The first-order valence-corrected chi connectivity index (χ1v) is 7.93. The predicted molar refractivity (Wildman–Crippen MR) is 84.7 cm³/mol. The molecule has 1 atom stereocenters. The summed E-state index contributed by atoms with van der Waals surface area (Å²) < 4.78 is 4.72. The zero-order chi connectivity index (χ0) is 17.7. The van der Waals surface area contributed by atoms with Gasteiger partial charge < -0.3 is 14.9 Å². The van der Waals surface area contributed by atoms with Crippen molar-refractivity contribution in [1.82, 2.24) is 15.5 Å². The smallest absolute Gasteiger partial charge is 0.326 e. The van der Waals surface area contributed by atoms with E-state index in [4.69, 9.17) is 9.63 Å². The van der Waals surface area contributed by atoms with Crippen molar-refractivity contribution < 1.29 is 24.0 Å². The highest BCUT2D eigenvalue weighted by Crippen LogP contribution is 2.17. The van der Waals surface area contributed by atoms with Crippen molar-refractivity contribution in [2.45, 2.75) is 26.3 Å². The van der Waals surface area contributed by atoms with Crippen LogP contribution in [-0.4, -0.2) is 39.1 Å². The Hall–Kier alpha value is -2.75. The van der Waals surface area contributed by atoms with Crippen LogP contribution in [0.15, 0.2) is 22.2 Å². The Labute approximate surface area is 141 Å². The second kappa shape index (κ2) is 7.68. The molecule has 0 saturated heterocycles. The number of hydrogen-bond acceptors (Lipinski definition) is 7. The molecule has 3 N–H and O–H groups in total. The SMILES string of the molecule is CC(C)C(NC(=O)Cc1csc(NC(=O)c2ccno2)n1)C(=O)O. The van der Waals surface area contributed by atoms with Gasteiger partial charge in [-0.3, -0.25) is 14.9 Å². The fourth-order valence-electron chi connectivity index (χ4n) is 1.84. The molecule has 2 aromatic rings. The fourth-order valence-corrected chi connectivity index (χ4v) is 2.55. The number of aromatic nitrogens is 2. The lowest BCUT2D eigenvalue weighted by molar-refractivity contribution is -0.143. The number of nitrogens with one attached hydrogen (secondary N) is 2. The first kappa shape index (κ1) is 17.6. The zero-order valence-corrected chi connectivity index (χ0v) is 13.8. The lowest BCUT2D eigenvalue weighted by Gasteiger charge is -2.17. The van der Waals surface area contributed by atoms with Crippen LogP contribution in [0.4, 0.5) is 5.13 Å². The molecule has 0 aliphatic heterocycles. The van der Waals surface area contributed by atoms with E-state index in [0.29, 0.717) is 10.8 Å². The van der Waals surface area contributed by atoms with Crippen molar-refractivity contribution >= 4 is 34.3 Å². The first-order valence-electron chi connectivity index (χ1n) is 7.05. The third kappa shape index (κ3) is 4.62. The summed E-state index contributed by atoms with van der Waals surface area (Å²) in [7, 11) is 0. The summed E-state index contributed by atoms with van der Waals surface area (Å²) in [5, 5.41) is 19.4. The van der Waals surface area contributed by atoms with Crippen molar-refractivity contribution in [3.8, 4) is 0 Å². The molecule has 0 aliphatic rings. The number of rotatable bonds is 7. The van der Waals surface area contributed by atoms with Crippen LogP contribution in [-0.2, 0) is 16.0 Å². The van der Waals surface area contributed by atoms with E-state index in [-0.39, 0.29) is 18.1 Å². The van der Waals surface area contributed by atoms with Crippen molar-refractivity contribution in [2.24, 2.45) is 5.92 Å². The van der Waals surface area contributed by atoms with Crippen LogP contribution in [0.1, 0.15) is 30.1 Å². The molecule has 0 aromatic carbocycles. The minimum atomic E-state index is -1.09. The normalized spacial score (nSPS) is 12.0. The summed E-state index contributed by atoms with van der Waals surface area (Å²) in [5.74, 6) is -2.22. The number of thiazole rings is 1. The van der Waals surface area contributed by atoms with Crippen LogP contribution in [0.2, 0.25) is 0 Å². The highest BCUT2D eigenvalue weighted by molar-refractivity contribution is 7.14. The Balaban J connectivity index is 1.92. The molecular formula is C14H16N4O5S. The molecule has 0 radical (unpaired) electrons.